The first-order valence-electron chi connectivity index (χ1n) is 6.88. The number of aromatic nitrogens is 2. The predicted octanol–water partition coefficient (Wildman–Crippen LogP) is 2.42. The van der Waals surface area contributed by atoms with Gasteiger partial charge in [-0.3, -0.25) is 0 Å². The summed E-state index contributed by atoms with van der Waals surface area (Å²) in [6.45, 7) is 6.33. The lowest BCUT2D eigenvalue weighted by Crippen LogP contribution is -2.32. The minimum absolute atomic E-state index is 0.179. The summed E-state index contributed by atoms with van der Waals surface area (Å²) in [6, 6.07) is 0.907. The van der Waals surface area contributed by atoms with E-state index in [9.17, 15) is 13.2 Å². The fourth-order valence-corrected chi connectivity index (χ4v) is 2.37. The number of hydrogen-bond acceptors (Lipinski definition) is 4. The second-order valence-corrected chi connectivity index (χ2v) is 4.92. The zero-order chi connectivity index (χ0) is 14.6. The maximum atomic E-state index is 12.7. The summed E-state index contributed by atoms with van der Waals surface area (Å²) < 4.78 is 38.0. The number of hydrogen-bond donors (Lipinski definition) is 0. The normalized spacial score (nSPS) is 18.1. The summed E-state index contributed by atoms with van der Waals surface area (Å²) in [5, 5.41) is 0. The number of halogens is 3. The van der Waals surface area contributed by atoms with Crippen LogP contribution < -0.4 is 4.90 Å². The average molecular weight is 288 g/mol. The first-order valence-corrected chi connectivity index (χ1v) is 6.88. The van der Waals surface area contributed by atoms with Gasteiger partial charge in [-0.15, -0.1) is 0 Å². The molecule has 2 rings (SSSR count). The van der Waals surface area contributed by atoms with Crippen LogP contribution >= 0.6 is 0 Å². The van der Waals surface area contributed by atoms with Crippen LogP contribution in [0, 0.1) is 0 Å². The highest BCUT2D eigenvalue weighted by Crippen LogP contribution is 2.28. The van der Waals surface area contributed by atoms with Gasteiger partial charge >= 0.3 is 6.18 Å². The van der Waals surface area contributed by atoms with Crippen molar-refractivity contribution in [2.45, 2.75) is 25.9 Å². The fraction of sp³-hybridized carbons (Fsp3) is 0.692. The van der Waals surface area contributed by atoms with Crippen molar-refractivity contribution in [2.75, 3.05) is 37.6 Å². The van der Waals surface area contributed by atoms with Crippen LogP contribution in [0.15, 0.2) is 12.3 Å². The van der Waals surface area contributed by atoms with E-state index < -0.39 is 11.9 Å². The molecule has 2 heterocycles. The van der Waals surface area contributed by atoms with Gasteiger partial charge in [-0.05, 0) is 32.0 Å². The van der Waals surface area contributed by atoms with Crippen molar-refractivity contribution in [1.82, 2.24) is 14.9 Å². The maximum absolute atomic E-state index is 12.7. The van der Waals surface area contributed by atoms with Crippen LogP contribution in [0.2, 0.25) is 0 Å². The van der Waals surface area contributed by atoms with Crippen LogP contribution in [-0.4, -0.2) is 47.6 Å². The first-order chi connectivity index (χ1) is 9.50. The summed E-state index contributed by atoms with van der Waals surface area (Å²) >= 11 is 0. The minimum Gasteiger partial charge on any atom is -0.339 e. The fourth-order valence-electron chi connectivity index (χ4n) is 2.37. The molecule has 0 aliphatic carbocycles. The van der Waals surface area contributed by atoms with Gasteiger partial charge in [0, 0.05) is 25.8 Å². The molecule has 7 heteroatoms. The minimum atomic E-state index is -4.42. The standard InChI is InChI=1S/C13H19F3N4/c1-2-6-19-7-3-8-20(10-9-19)12-17-5-4-11(18-12)13(14,15)16/h4-5H,2-3,6-10H2,1H3. The lowest BCUT2D eigenvalue weighted by atomic mass is 10.3. The Labute approximate surface area is 116 Å². The smallest absolute Gasteiger partial charge is 0.339 e. The number of rotatable bonds is 3. The molecule has 0 saturated carbocycles. The molecule has 0 bridgehead atoms. The van der Waals surface area contributed by atoms with Gasteiger partial charge in [0.15, 0.2) is 0 Å². The van der Waals surface area contributed by atoms with Crippen LogP contribution in [0.4, 0.5) is 19.1 Å². The molecule has 0 radical (unpaired) electrons. The van der Waals surface area contributed by atoms with Gasteiger partial charge in [-0.2, -0.15) is 13.2 Å². The Bertz CT molecular complexity index is 436. The van der Waals surface area contributed by atoms with E-state index in [1.54, 1.807) is 0 Å². The number of nitrogens with zero attached hydrogens (tertiary/aromatic N) is 4. The van der Waals surface area contributed by atoms with Gasteiger partial charge in [0.1, 0.15) is 5.69 Å². The molecule has 20 heavy (non-hydrogen) atoms. The topological polar surface area (TPSA) is 32.3 Å². The van der Waals surface area contributed by atoms with Crippen molar-refractivity contribution >= 4 is 5.95 Å². The third-order valence-electron chi connectivity index (χ3n) is 3.34. The summed E-state index contributed by atoms with van der Waals surface area (Å²) in [5.41, 5.74) is -0.878. The summed E-state index contributed by atoms with van der Waals surface area (Å²) in [7, 11) is 0. The number of anilines is 1. The van der Waals surface area contributed by atoms with E-state index >= 15 is 0 Å². The monoisotopic (exact) mass is 288 g/mol. The Morgan fingerprint density at radius 2 is 2.00 bits per heavy atom. The van der Waals surface area contributed by atoms with E-state index in [0.29, 0.717) is 13.1 Å². The van der Waals surface area contributed by atoms with Crippen LogP contribution in [0.5, 0.6) is 0 Å². The molecule has 1 aliphatic rings. The molecule has 1 aromatic rings. The van der Waals surface area contributed by atoms with Crippen LogP contribution in [-0.2, 0) is 6.18 Å². The van der Waals surface area contributed by atoms with Gasteiger partial charge < -0.3 is 9.80 Å². The second kappa shape index (κ2) is 6.39. The first kappa shape index (κ1) is 15.0. The molecule has 1 fully saturated rings. The zero-order valence-corrected chi connectivity index (χ0v) is 11.5. The van der Waals surface area contributed by atoms with Crippen LogP contribution in [0.25, 0.3) is 0 Å². The molecule has 1 aromatic heterocycles. The molecule has 0 N–H and O–H groups in total. The van der Waals surface area contributed by atoms with Gasteiger partial charge in [-0.25, -0.2) is 9.97 Å². The molecular weight excluding hydrogens is 269 g/mol. The lowest BCUT2D eigenvalue weighted by Gasteiger charge is -2.22. The van der Waals surface area contributed by atoms with Crippen molar-refractivity contribution < 1.29 is 13.2 Å². The molecule has 0 aromatic carbocycles. The molecule has 0 spiro atoms. The Balaban J connectivity index is 2.08. The Hall–Kier alpha value is -1.37. The second-order valence-electron chi connectivity index (χ2n) is 4.92. The van der Waals surface area contributed by atoms with Crippen molar-refractivity contribution in [2.24, 2.45) is 0 Å². The van der Waals surface area contributed by atoms with Gasteiger partial charge in [-0.1, -0.05) is 6.92 Å². The summed E-state index contributed by atoms with van der Waals surface area (Å²) in [4.78, 5) is 11.8. The average Bonchev–Trinajstić information content (AvgIpc) is 2.64. The van der Waals surface area contributed by atoms with E-state index in [4.69, 9.17) is 0 Å². The molecule has 4 nitrogen and oxygen atoms in total. The van der Waals surface area contributed by atoms with Gasteiger partial charge in [0.05, 0.1) is 0 Å². The molecule has 1 saturated heterocycles. The summed E-state index contributed by atoms with van der Waals surface area (Å²) in [5.74, 6) is 0.179. The third-order valence-corrected chi connectivity index (χ3v) is 3.34. The van der Waals surface area contributed by atoms with Crippen LogP contribution in [0.1, 0.15) is 25.5 Å². The Morgan fingerprint density at radius 3 is 2.70 bits per heavy atom. The van der Waals surface area contributed by atoms with Gasteiger partial charge in [0.2, 0.25) is 5.95 Å². The van der Waals surface area contributed by atoms with E-state index in [2.05, 4.69) is 21.8 Å². The van der Waals surface area contributed by atoms with E-state index in [1.807, 2.05) is 4.90 Å². The molecular formula is C13H19F3N4. The SMILES string of the molecule is CCCN1CCCN(c2nccc(C(F)(F)F)n2)CC1. The third kappa shape index (κ3) is 3.82. The van der Waals surface area contributed by atoms with E-state index in [-0.39, 0.29) is 5.95 Å². The molecule has 0 amide bonds. The van der Waals surface area contributed by atoms with Crippen molar-refractivity contribution in [3.63, 3.8) is 0 Å². The van der Waals surface area contributed by atoms with Gasteiger partial charge in [0.25, 0.3) is 0 Å². The van der Waals surface area contributed by atoms with Crippen molar-refractivity contribution in [1.29, 1.82) is 0 Å². The quantitative estimate of drug-likeness (QED) is 0.855. The summed E-state index contributed by atoms with van der Waals surface area (Å²) in [6.07, 6.45) is -1.24. The largest absolute Gasteiger partial charge is 0.433 e. The molecule has 112 valence electrons. The maximum Gasteiger partial charge on any atom is 0.433 e. The molecule has 1 aliphatic heterocycles. The zero-order valence-electron chi connectivity index (χ0n) is 11.5. The van der Waals surface area contributed by atoms with E-state index in [1.165, 1.54) is 6.20 Å². The highest BCUT2D eigenvalue weighted by atomic mass is 19.4. The van der Waals surface area contributed by atoms with E-state index in [0.717, 1.165) is 38.5 Å². The van der Waals surface area contributed by atoms with Crippen molar-refractivity contribution in [3.8, 4) is 0 Å². The lowest BCUT2D eigenvalue weighted by molar-refractivity contribution is -0.141. The highest BCUT2D eigenvalue weighted by Gasteiger charge is 2.33. The number of alkyl halides is 3. The molecule has 0 unspecified atom stereocenters. The highest BCUT2D eigenvalue weighted by molar-refractivity contribution is 5.31. The Morgan fingerprint density at radius 1 is 1.20 bits per heavy atom. The van der Waals surface area contributed by atoms with Crippen LogP contribution in [0.3, 0.4) is 0 Å². The van der Waals surface area contributed by atoms with Crippen molar-refractivity contribution in [3.05, 3.63) is 18.0 Å². The predicted molar refractivity (Wildman–Crippen MR) is 70.6 cm³/mol. The Kier molecular flexibility index (Phi) is 4.80. The molecule has 0 atom stereocenters.